The van der Waals surface area contributed by atoms with E-state index in [2.05, 4.69) is 9.71 Å². The molecule has 2 rings (SSSR count). The molecule has 0 fully saturated rings. The van der Waals surface area contributed by atoms with Crippen LogP contribution in [0.4, 0.5) is 10.1 Å². The Morgan fingerprint density at radius 1 is 1.40 bits per heavy atom. The number of sulfonamides is 1. The highest BCUT2D eigenvalue weighted by Crippen LogP contribution is 2.22. The lowest BCUT2D eigenvalue weighted by atomic mass is 10.2. The summed E-state index contributed by atoms with van der Waals surface area (Å²) in [6.07, 6.45) is 1.59. The van der Waals surface area contributed by atoms with E-state index in [1.807, 2.05) is 6.92 Å². The zero-order valence-corrected chi connectivity index (χ0v) is 12.6. The van der Waals surface area contributed by atoms with Crippen molar-refractivity contribution >= 4 is 27.0 Å². The van der Waals surface area contributed by atoms with Gasteiger partial charge in [-0.05, 0) is 31.5 Å². The normalized spacial score (nSPS) is 11.8. The Kier molecular flexibility index (Phi) is 4.07. The number of benzene rings is 1. The molecule has 0 aliphatic heterocycles. The molecule has 0 aliphatic carbocycles. The lowest BCUT2D eigenvalue weighted by molar-refractivity contribution is 0.557. The number of nitrogen functional groups attached to an aromatic ring is 1. The van der Waals surface area contributed by atoms with E-state index in [9.17, 15) is 12.8 Å². The zero-order chi connectivity index (χ0) is 14.9. The molecule has 0 saturated carbocycles. The molecule has 1 aromatic heterocycles. The first kappa shape index (κ1) is 14.9. The van der Waals surface area contributed by atoms with E-state index in [0.717, 1.165) is 22.0 Å². The molecule has 0 amide bonds. The molecular formula is C12H14FN3O2S2. The maximum atomic E-state index is 13.8. The van der Waals surface area contributed by atoms with E-state index in [1.54, 1.807) is 13.1 Å². The minimum absolute atomic E-state index is 0.0705. The average Bonchev–Trinajstić information content (AvgIpc) is 2.77. The van der Waals surface area contributed by atoms with Crippen LogP contribution < -0.4 is 10.5 Å². The number of hydrogen-bond acceptors (Lipinski definition) is 5. The number of nitrogens with one attached hydrogen (secondary N) is 1. The van der Waals surface area contributed by atoms with Gasteiger partial charge in [0.2, 0.25) is 10.0 Å². The molecular weight excluding hydrogens is 301 g/mol. The van der Waals surface area contributed by atoms with Gasteiger partial charge in [0.05, 0.1) is 5.01 Å². The summed E-state index contributed by atoms with van der Waals surface area (Å²) < 4.78 is 40.3. The Labute approximate surface area is 120 Å². The molecule has 108 valence electrons. The number of halogens is 1. The minimum atomic E-state index is -3.95. The third-order valence-electron chi connectivity index (χ3n) is 2.72. The summed E-state index contributed by atoms with van der Waals surface area (Å²) >= 11 is 1.38. The topological polar surface area (TPSA) is 85.1 Å². The number of anilines is 1. The number of nitrogens with zero attached hydrogens (tertiary/aromatic N) is 1. The lowest BCUT2D eigenvalue weighted by Crippen LogP contribution is -2.24. The fourth-order valence-corrected chi connectivity index (χ4v) is 3.53. The first-order chi connectivity index (χ1) is 9.29. The summed E-state index contributed by atoms with van der Waals surface area (Å²) in [6.45, 7) is 3.51. The molecule has 5 nitrogen and oxygen atoms in total. The van der Waals surface area contributed by atoms with E-state index in [0.29, 0.717) is 5.56 Å². The second kappa shape index (κ2) is 5.47. The van der Waals surface area contributed by atoms with Crippen LogP contribution in [0.5, 0.6) is 0 Å². The average molecular weight is 315 g/mol. The molecule has 1 aromatic carbocycles. The summed E-state index contributed by atoms with van der Waals surface area (Å²) in [5.41, 5.74) is 6.37. The SMILES string of the molecule is Cc1ncc(CNS(=O)(=O)c2cc(N)c(C)cc2F)s1. The van der Waals surface area contributed by atoms with Crippen molar-refractivity contribution in [3.8, 4) is 0 Å². The van der Waals surface area contributed by atoms with Gasteiger partial charge in [-0.15, -0.1) is 11.3 Å². The fourth-order valence-electron chi connectivity index (χ4n) is 1.61. The lowest BCUT2D eigenvalue weighted by Gasteiger charge is -2.09. The van der Waals surface area contributed by atoms with E-state index >= 15 is 0 Å². The van der Waals surface area contributed by atoms with Crippen LogP contribution in [0.15, 0.2) is 23.2 Å². The quantitative estimate of drug-likeness (QED) is 0.845. The van der Waals surface area contributed by atoms with Crippen LogP contribution >= 0.6 is 11.3 Å². The van der Waals surface area contributed by atoms with Crippen LogP contribution in [0.1, 0.15) is 15.4 Å². The van der Waals surface area contributed by atoms with E-state index in [4.69, 9.17) is 5.73 Å². The molecule has 0 unspecified atom stereocenters. The van der Waals surface area contributed by atoms with Crippen molar-refractivity contribution in [2.75, 3.05) is 5.73 Å². The molecule has 20 heavy (non-hydrogen) atoms. The standard InChI is InChI=1S/C12H14FN3O2S2/c1-7-3-10(13)12(4-11(7)14)20(17,18)16-6-9-5-15-8(2)19-9/h3-5,16H,6,14H2,1-2H3. The maximum Gasteiger partial charge on any atom is 0.243 e. The fraction of sp³-hybridized carbons (Fsp3) is 0.250. The number of rotatable bonds is 4. The van der Waals surface area contributed by atoms with E-state index in [1.165, 1.54) is 11.3 Å². The van der Waals surface area contributed by atoms with Crippen molar-refractivity contribution in [3.05, 3.63) is 39.6 Å². The highest BCUT2D eigenvalue weighted by atomic mass is 32.2. The van der Waals surface area contributed by atoms with Crippen molar-refractivity contribution in [2.24, 2.45) is 0 Å². The highest BCUT2D eigenvalue weighted by Gasteiger charge is 2.20. The minimum Gasteiger partial charge on any atom is -0.398 e. The van der Waals surface area contributed by atoms with Crippen molar-refractivity contribution < 1.29 is 12.8 Å². The molecule has 0 atom stereocenters. The first-order valence-corrected chi connectivity index (χ1v) is 8.06. The monoisotopic (exact) mass is 315 g/mol. The third-order valence-corrected chi connectivity index (χ3v) is 5.04. The summed E-state index contributed by atoms with van der Waals surface area (Å²) in [7, 11) is -3.95. The van der Waals surface area contributed by atoms with Gasteiger partial charge in [-0.1, -0.05) is 0 Å². The summed E-state index contributed by atoms with van der Waals surface area (Å²) in [4.78, 5) is 4.34. The molecule has 2 aromatic rings. The Morgan fingerprint density at radius 2 is 2.10 bits per heavy atom. The van der Waals surface area contributed by atoms with Crippen LogP contribution in [-0.4, -0.2) is 13.4 Å². The van der Waals surface area contributed by atoms with Gasteiger partial charge in [0.15, 0.2) is 0 Å². The molecule has 0 radical (unpaired) electrons. The smallest absolute Gasteiger partial charge is 0.243 e. The molecule has 0 spiro atoms. The van der Waals surface area contributed by atoms with Gasteiger partial charge in [-0.3, -0.25) is 0 Å². The van der Waals surface area contributed by atoms with Crippen LogP contribution in [-0.2, 0) is 16.6 Å². The Bertz CT molecular complexity index is 741. The summed E-state index contributed by atoms with van der Waals surface area (Å²) in [5, 5.41) is 0.838. The number of thiazole rings is 1. The second-order valence-corrected chi connectivity index (χ2v) is 7.36. The van der Waals surface area contributed by atoms with E-state index in [-0.39, 0.29) is 12.2 Å². The van der Waals surface area contributed by atoms with Gasteiger partial charge in [-0.25, -0.2) is 22.5 Å². The predicted octanol–water partition coefficient (Wildman–Crippen LogP) is 1.96. The van der Waals surface area contributed by atoms with Crippen LogP contribution in [0.2, 0.25) is 0 Å². The molecule has 0 bridgehead atoms. The van der Waals surface area contributed by atoms with Crippen molar-refractivity contribution in [1.82, 2.24) is 9.71 Å². The summed E-state index contributed by atoms with van der Waals surface area (Å²) in [5.74, 6) is -0.815. The predicted molar refractivity (Wildman–Crippen MR) is 76.4 cm³/mol. The Hall–Kier alpha value is -1.51. The molecule has 0 saturated heterocycles. The van der Waals surface area contributed by atoms with Gasteiger partial charge >= 0.3 is 0 Å². The molecule has 1 heterocycles. The maximum absolute atomic E-state index is 13.8. The highest BCUT2D eigenvalue weighted by molar-refractivity contribution is 7.89. The van der Waals surface area contributed by atoms with Crippen molar-refractivity contribution in [3.63, 3.8) is 0 Å². The number of aromatic nitrogens is 1. The Balaban J connectivity index is 2.24. The van der Waals surface area contributed by atoms with Gasteiger partial charge < -0.3 is 5.73 Å². The largest absolute Gasteiger partial charge is 0.398 e. The third kappa shape index (κ3) is 3.14. The Morgan fingerprint density at radius 3 is 2.70 bits per heavy atom. The molecule has 8 heteroatoms. The second-order valence-electron chi connectivity index (χ2n) is 4.31. The summed E-state index contributed by atoms with van der Waals surface area (Å²) in [6, 6.07) is 2.24. The zero-order valence-electron chi connectivity index (χ0n) is 11.0. The van der Waals surface area contributed by atoms with Gasteiger partial charge in [0.25, 0.3) is 0 Å². The van der Waals surface area contributed by atoms with Gasteiger partial charge in [0.1, 0.15) is 10.7 Å². The molecule has 3 N–H and O–H groups in total. The van der Waals surface area contributed by atoms with Crippen LogP contribution in [0.25, 0.3) is 0 Å². The number of aryl methyl sites for hydroxylation is 2. The number of nitrogens with two attached hydrogens (primary N) is 1. The van der Waals surface area contributed by atoms with Gasteiger partial charge in [-0.2, -0.15) is 0 Å². The van der Waals surface area contributed by atoms with Crippen molar-refractivity contribution in [2.45, 2.75) is 25.3 Å². The van der Waals surface area contributed by atoms with Crippen molar-refractivity contribution in [1.29, 1.82) is 0 Å². The van der Waals surface area contributed by atoms with Gasteiger partial charge in [0, 0.05) is 23.3 Å². The number of hydrogen-bond donors (Lipinski definition) is 2. The van der Waals surface area contributed by atoms with E-state index < -0.39 is 20.7 Å². The molecule has 0 aliphatic rings. The van der Waals surface area contributed by atoms with Crippen LogP contribution in [0, 0.1) is 19.7 Å². The first-order valence-electron chi connectivity index (χ1n) is 5.76. The van der Waals surface area contributed by atoms with Crippen LogP contribution in [0.3, 0.4) is 0 Å².